The summed E-state index contributed by atoms with van der Waals surface area (Å²) >= 11 is 0. The zero-order chi connectivity index (χ0) is 34.8. The number of nitro benzene ring substituents is 1. The average Bonchev–Trinajstić information content (AvgIpc) is 3.14. The van der Waals surface area contributed by atoms with Gasteiger partial charge in [-0.3, -0.25) is 24.5 Å². The van der Waals surface area contributed by atoms with Crippen LogP contribution in [0.4, 0.5) is 5.69 Å². The van der Waals surface area contributed by atoms with Crippen molar-refractivity contribution in [2.24, 2.45) is 0 Å². The van der Waals surface area contributed by atoms with Crippen molar-refractivity contribution in [1.29, 1.82) is 0 Å². The van der Waals surface area contributed by atoms with Gasteiger partial charge in [0, 0.05) is 24.1 Å². The molecule has 10 heteroatoms. The Balaban J connectivity index is 1.48. The first-order valence-electron chi connectivity index (χ1n) is 15.4. The summed E-state index contributed by atoms with van der Waals surface area (Å²) in [7, 11) is 1.27. The molecule has 5 rings (SSSR count). The molecule has 0 aromatic heterocycles. The number of hydrogen-bond donors (Lipinski definition) is 2. The first kappa shape index (κ1) is 33.9. The second kappa shape index (κ2) is 15.4. The van der Waals surface area contributed by atoms with Crippen LogP contribution < -0.4 is 10.6 Å². The lowest BCUT2D eigenvalue weighted by Crippen LogP contribution is -2.51. The normalized spacial score (nSPS) is 11.5. The zero-order valence-electron chi connectivity index (χ0n) is 26.6. The number of Topliss-reactive ketones (excluding diaryl/α,β-unsaturated/α-hetero) is 1. The van der Waals surface area contributed by atoms with Crippen molar-refractivity contribution in [3.05, 3.63) is 183 Å². The van der Waals surface area contributed by atoms with E-state index in [1.165, 1.54) is 43.5 Å². The fourth-order valence-electron chi connectivity index (χ4n) is 5.65. The van der Waals surface area contributed by atoms with E-state index >= 15 is 0 Å². The lowest BCUT2D eigenvalue weighted by molar-refractivity contribution is -0.384. The number of ketones is 1. The van der Waals surface area contributed by atoms with Crippen LogP contribution in [0.1, 0.15) is 49.4 Å². The maximum atomic E-state index is 14.2. The largest absolute Gasteiger partial charge is 0.465 e. The van der Waals surface area contributed by atoms with Gasteiger partial charge in [0.2, 0.25) is 5.91 Å². The van der Waals surface area contributed by atoms with E-state index in [0.29, 0.717) is 11.1 Å². The van der Waals surface area contributed by atoms with Crippen molar-refractivity contribution in [3.8, 4) is 0 Å². The summed E-state index contributed by atoms with van der Waals surface area (Å²) in [4.78, 5) is 63.8. The zero-order valence-corrected chi connectivity index (χ0v) is 26.6. The number of carbonyl (C=O) groups is 4. The third kappa shape index (κ3) is 7.94. The number of rotatable bonds is 13. The molecule has 0 spiro atoms. The molecular formula is C39H33N3O7. The Kier molecular flexibility index (Phi) is 10.7. The number of methoxy groups -OCH3 is 1. The Labute approximate surface area is 282 Å². The summed E-state index contributed by atoms with van der Waals surface area (Å²) in [6.45, 7) is 0. The van der Waals surface area contributed by atoms with Crippen LogP contribution >= 0.6 is 0 Å². The van der Waals surface area contributed by atoms with E-state index in [9.17, 15) is 29.3 Å². The molecule has 10 nitrogen and oxygen atoms in total. The SMILES string of the molecule is COC(=O)c1ccc(CC(=O)[C@H](CC(=O)NC(c2ccccc2)(c2ccccc2)c2ccccc2)NC(=O)c2ccc([N+](=O)[O-])cc2)cc1. The van der Waals surface area contributed by atoms with Crippen molar-refractivity contribution < 1.29 is 28.8 Å². The summed E-state index contributed by atoms with van der Waals surface area (Å²) in [5, 5.41) is 17.0. The van der Waals surface area contributed by atoms with E-state index in [0.717, 1.165) is 16.7 Å². The summed E-state index contributed by atoms with van der Waals surface area (Å²) in [5.41, 5.74) is 1.94. The van der Waals surface area contributed by atoms with Gasteiger partial charge in [-0.2, -0.15) is 0 Å². The molecule has 0 aliphatic carbocycles. The molecule has 2 amide bonds. The highest BCUT2D eigenvalue weighted by Crippen LogP contribution is 2.37. The van der Waals surface area contributed by atoms with E-state index < -0.39 is 46.5 Å². The van der Waals surface area contributed by atoms with Crippen molar-refractivity contribution in [3.63, 3.8) is 0 Å². The van der Waals surface area contributed by atoms with E-state index in [1.54, 1.807) is 12.1 Å². The van der Waals surface area contributed by atoms with Crippen molar-refractivity contribution >= 4 is 29.3 Å². The number of esters is 1. The highest BCUT2D eigenvalue weighted by molar-refractivity contribution is 6.00. The Bertz CT molecular complexity index is 1830. The number of hydrogen-bond acceptors (Lipinski definition) is 7. The number of nitro groups is 1. The maximum absolute atomic E-state index is 14.2. The predicted molar refractivity (Wildman–Crippen MR) is 183 cm³/mol. The van der Waals surface area contributed by atoms with E-state index in [1.807, 2.05) is 91.0 Å². The van der Waals surface area contributed by atoms with Gasteiger partial charge in [0.25, 0.3) is 11.6 Å². The fourth-order valence-corrected chi connectivity index (χ4v) is 5.65. The number of benzene rings is 5. The van der Waals surface area contributed by atoms with Gasteiger partial charge in [0.1, 0.15) is 5.54 Å². The lowest BCUT2D eigenvalue weighted by Gasteiger charge is -2.37. The molecule has 0 radical (unpaired) electrons. The molecule has 5 aromatic rings. The minimum Gasteiger partial charge on any atom is -0.465 e. The Morgan fingerprint density at radius 1 is 0.694 bits per heavy atom. The maximum Gasteiger partial charge on any atom is 0.337 e. The molecular weight excluding hydrogens is 622 g/mol. The van der Waals surface area contributed by atoms with Gasteiger partial charge in [0.15, 0.2) is 5.78 Å². The van der Waals surface area contributed by atoms with E-state index in [4.69, 9.17) is 4.74 Å². The number of nitrogens with one attached hydrogen (secondary N) is 2. The smallest absolute Gasteiger partial charge is 0.337 e. The van der Waals surface area contributed by atoms with Gasteiger partial charge < -0.3 is 15.4 Å². The molecule has 2 N–H and O–H groups in total. The van der Waals surface area contributed by atoms with Gasteiger partial charge in [0.05, 0.1) is 30.1 Å². The van der Waals surface area contributed by atoms with Gasteiger partial charge in [-0.05, 0) is 46.5 Å². The van der Waals surface area contributed by atoms with Crippen molar-refractivity contribution in [1.82, 2.24) is 10.6 Å². The molecule has 49 heavy (non-hydrogen) atoms. The van der Waals surface area contributed by atoms with Crippen molar-refractivity contribution in [2.75, 3.05) is 7.11 Å². The quantitative estimate of drug-likeness (QED) is 0.0707. The number of nitrogens with zero attached hydrogens (tertiary/aromatic N) is 1. The van der Waals surface area contributed by atoms with E-state index in [2.05, 4.69) is 10.6 Å². The molecule has 0 aliphatic heterocycles. The summed E-state index contributed by atoms with van der Waals surface area (Å²) < 4.78 is 4.75. The molecule has 1 atom stereocenters. The van der Waals surface area contributed by atoms with Crippen LogP contribution in [0.5, 0.6) is 0 Å². The molecule has 0 aliphatic rings. The molecule has 5 aromatic carbocycles. The molecule has 0 fully saturated rings. The number of non-ortho nitro benzene ring substituents is 1. The van der Waals surface area contributed by atoms with Crippen LogP contribution in [0.15, 0.2) is 140 Å². The highest BCUT2D eigenvalue weighted by atomic mass is 16.6. The second-order valence-corrected chi connectivity index (χ2v) is 11.3. The fraction of sp³-hybridized carbons (Fsp3) is 0.128. The monoisotopic (exact) mass is 655 g/mol. The molecule has 0 unspecified atom stereocenters. The first-order chi connectivity index (χ1) is 23.7. The Morgan fingerprint density at radius 3 is 1.61 bits per heavy atom. The first-order valence-corrected chi connectivity index (χ1v) is 15.4. The van der Waals surface area contributed by atoms with Gasteiger partial charge in [-0.1, -0.05) is 103 Å². The van der Waals surface area contributed by atoms with Crippen LogP contribution in [-0.2, 0) is 26.3 Å². The van der Waals surface area contributed by atoms with Crippen LogP contribution in [0, 0.1) is 10.1 Å². The third-order valence-corrected chi connectivity index (χ3v) is 8.12. The van der Waals surface area contributed by atoms with E-state index in [-0.39, 0.29) is 17.7 Å². The van der Waals surface area contributed by atoms with Crippen LogP contribution in [0.25, 0.3) is 0 Å². The summed E-state index contributed by atoms with van der Waals surface area (Å²) in [6.07, 6.45) is -0.562. The van der Waals surface area contributed by atoms with Crippen molar-refractivity contribution in [2.45, 2.75) is 24.4 Å². The molecule has 246 valence electrons. The Hall–Kier alpha value is -6.42. The van der Waals surface area contributed by atoms with Crippen LogP contribution in [0.3, 0.4) is 0 Å². The van der Waals surface area contributed by atoms with Gasteiger partial charge in [-0.15, -0.1) is 0 Å². The highest BCUT2D eigenvalue weighted by Gasteiger charge is 2.39. The van der Waals surface area contributed by atoms with Crippen LogP contribution in [-0.4, -0.2) is 41.6 Å². The standard InChI is InChI=1S/C39H33N3O7/c1-49-38(46)29-19-17-27(18-20-29)25-35(43)34(40-37(45)28-21-23-33(24-22-28)42(47)48)26-36(44)41-39(30-11-5-2-6-12-30,31-13-7-3-8-14-31)32-15-9-4-10-16-32/h2-24,34H,25-26H2,1H3,(H,40,45)(H,41,44)/t34-/m0/s1. The predicted octanol–water partition coefficient (Wildman–Crippen LogP) is 5.79. The molecule has 0 saturated heterocycles. The topological polar surface area (TPSA) is 145 Å². The Morgan fingerprint density at radius 2 is 1.16 bits per heavy atom. The summed E-state index contributed by atoms with van der Waals surface area (Å²) in [6, 6.07) is 38.3. The third-order valence-electron chi connectivity index (χ3n) is 8.12. The summed E-state index contributed by atoms with van der Waals surface area (Å²) in [5.74, 6) is -2.18. The average molecular weight is 656 g/mol. The van der Waals surface area contributed by atoms with Gasteiger partial charge in [-0.25, -0.2) is 4.79 Å². The second-order valence-electron chi connectivity index (χ2n) is 11.3. The minimum atomic E-state index is -1.28. The number of carbonyl (C=O) groups excluding carboxylic acids is 4. The molecule has 0 bridgehead atoms. The minimum absolute atomic E-state index is 0.0819. The number of ether oxygens (including phenoxy) is 1. The lowest BCUT2D eigenvalue weighted by atomic mass is 9.76. The molecule has 0 heterocycles. The molecule has 0 saturated carbocycles. The van der Waals surface area contributed by atoms with Gasteiger partial charge >= 0.3 is 5.97 Å². The number of amides is 2. The van der Waals surface area contributed by atoms with Crippen LogP contribution in [0.2, 0.25) is 0 Å².